The van der Waals surface area contributed by atoms with Crippen molar-refractivity contribution in [2.75, 3.05) is 5.32 Å². The van der Waals surface area contributed by atoms with Gasteiger partial charge in [-0.2, -0.15) is 0 Å². The Hall–Kier alpha value is -2.03. The highest BCUT2D eigenvalue weighted by atomic mass is 16.3. The summed E-state index contributed by atoms with van der Waals surface area (Å²) in [6.45, 7) is 4.14. The molecule has 0 heterocycles. The molecule has 2 rings (SSSR count). The van der Waals surface area contributed by atoms with E-state index < -0.39 is 0 Å². The van der Waals surface area contributed by atoms with E-state index in [1.165, 1.54) is 0 Å². The van der Waals surface area contributed by atoms with Crippen molar-refractivity contribution in [1.29, 1.82) is 0 Å². The minimum Gasteiger partial charge on any atom is -0.508 e. The maximum absolute atomic E-state index is 9.93. The maximum atomic E-state index is 9.93. The quantitative estimate of drug-likeness (QED) is 0.570. The maximum Gasteiger partial charge on any atom is 0.131 e. The number of benzene rings is 2. The average molecular weight is 263 g/mol. The van der Waals surface area contributed by atoms with Gasteiger partial charge in [0.05, 0.1) is 5.69 Å². The minimum atomic E-state index is 0.00992. The van der Waals surface area contributed by atoms with E-state index in [0.29, 0.717) is 28.7 Å². The second-order valence-electron chi connectivity index (χ2n) is 4.97. The predicted octanol–water partition coefficient (Wildman–Crippen LogP) is 0.914. The summed E-state index contributed by atoms with van der Waals surface area (Å²) in [6, 6.07) is 7.04. The number of anilines is 1. The van der Waals surface area contributed by atoms with Crippen LogP contribution in [0.1, 0.15) is 16.7 Å². The molecule has 98 valence electrons. The van der Waals surface area contributed by atoms with Gasteiger partial charge in [-0.05, 0) is 25.5 Å². The third-order valence-corrected chi connectivity index (χ3v) is 3.12. The molecule has 20 heavy (non-hydrogen) atoms. The molecule has 0 aliphatic rings. The Labute approximate surface area is 121 Å². The van der Waals surface area contributed by atoms with Crippen LogP contribution in [0.15, 0.2) is 24.3 Å². The smallest absolute Gasteiger partial charge is 0.131 e. The van der Waals surface area contributed by atoms with Gasteiger partial charge in [-0.3, -0.25) is 0 Å². The molecule has 0 amide bonds. The molecule has 0 bridgehead atoms. The number of nitrogens with one attached hydrogen (secondary N) is 1. The Morgan fingerprint density at radius 2 is 1.45 bits per heavy atom. The van der Waals surface area contributed by atoms with Gasteiger partial charge in [0.1, 0.15) is 27.2 Å². The van der Waals surface area contributed by atoms with Crippen molar-refractivity contribution in [3.05, 3.63) is 41.0 Å². The first-order valence-electron chi connectivity index (χ1n) is 6.29. The van der Waals surface area contributed by atoms with Crippen LogP contribution in [0.25, 0.3) is 0 Å². The summed E-state index contributed by atoms with van der Waals surface area (Å²) in [5, 5.41) is 22.9. The van der Waals surface area contributed by atoms with E-state index in [1.54, 1.807) is 18.2 Å². The Morgan fingerprint density at radius 1 is 0.900 bits per heavy atom. The van der Waals surface area contributed by atoms with Gasteiger partial charge in [0, 0.05) is 12.1 Å². The number of aromatic hydroxyl groups is 2. The van der Waals surface area contributed by atoms with Crippen LogP contribution in [0.3, 0.4) is 0 Å². The lowest BCUT2D eigenvalue weighted by molar-refractivity contribution is 0.472. The van der Waals surface area contributed by atoms with Crippen LogP contribution in [0.4, 0.5) is 5.69 Å². The molecule has 3 nitrogen and oxygen atoms in total. The average Bonchev–Trinajstić information content (AvgIpc) is 2.37. The van der Waals surface area contributed by atoms with Crippen molar-refractivity contribution in [3.63, 3.8) is 0 Å². The standard InChI is InChI=1S/C15H15B2NO2/c1-8-3-10(14(19)11(16)4-8)7-18-13-6-9(2)5-12(17)15(13)20/h3-6,18-20H,7H2,1-2H3. The largest absolute Gasteiger partial charge is 0.508 e. The lowest BCUT2D eigenvalue weighted by Gasteiger charge is -2.14. The molecular weight excluding hydrogens is 248 g/mol. The van der Waals surface area contributed by atoms with Gasteiger partial charge in [0.25, 0.3) is 0 Å². The first kappa shape index (κ1) is 14.4. The monoisotopic (exact) mass is 263 g/mol. The van der Waals surface area contributed by atoms with Gasteiger partial charge in [0.15, 0.2) is 0 Å². The van der Waals surface area contributed by atoms with E-state index >= 15 is 0 Å². The lowest BCUT2D eigenvalue weighted by Crippen LogP contribution is -2.11. The predicted molar refractivity (Wildman–Crippen MR) is 83.8 cm³/mol. The van der Waals surface area contributed by atoms with Crippen LogP contribution >= 0.6 is 0 Å². The third kappa shape index (κ3) is 2.93. The van der Waals surface area contributed by atoms with Crippen LogP contribution in [0.5, 0.6) is 11.5 Å². The number of aryl methyl sites for hydroxylation is 2. The van der Waals surface area contributed by atoms with Crippen molar-refractivity contribution in [1.82, 2.24) is 0 Å². The lowest BCUT2D eigenvalue weighted by atomic mass is 9.90. The number of rotatable bonds is 3. The zero-order valence-corrected chi connectivity index (χ0v) is 11.6. The second-order valence-corrected chi connectivity index (χ2v) is 4.97. The first-order chi connectivity index (χ1) is 9.38. The molecule has 0 aliphatic heterocycles. The van der Waals surface area contributed by atoms with Crippen molar-refractivity contribution in [2.45, 2.75) is 20.4 Å². The number of hydrogen-bond donors (Lipinski definition) is 3. The fourth-order valence-electron chi connectivity index (χ4n) is 2.15. The summed E-state index contributed by atoms with van der Waals surface area (Å²) in [5.74, 6) is 0.0685. The van der Waals surface area contributed by atoms with Crippen LogP contribution in [-0.4, -0.2) is 25.9 Å². The van der Waals surface area contributed by atoms with Gasteiger partial charge < -0.3 is 15.5 Å². The SMILES string of the molecule is [B]c1cc(C)cc(CNc2cc(C)cc([B])c2O)c1O. The fraction of sp³-hybridized carbons (Fsp3) is 0.200. The second kappa shape index (κ2) is 5.53. The molecule has 3 N–H and O–H groups in total. The fourth-order valence-corrected chi connectivity index (χ4v) is 2.15. The van der Waals surface area contributed by atoms with E-state index in [-0.39, 0.29) is 11.5 Å². The minimum absolute atomic E-state index is 0.00992. The molecule has 0 spiro atoms. The van der Waals surface area contributed by atoms with E-state index in [9.17, 15) is 10.2 Å². The van der Waals surface area contributed by atoms with Gasteiger partial charge in [0.2, 0.25) is 0 Å². The summed E-state index contributed by atoms with van der Waals surface area (Å²) in [5.41, 5.74) is 3.76. The number of phenolic OH excluding ortho intramolecular Hbond substituents is 2. The highest BCUT2D eigenvalue weighted by molar-refractivity contribution is 6.35. The molecule has 0 saturated carbocycles. The van der Waals surface area contributed by atoms with E-state index in [4.69, 9.17) is 15.7 Å². The van der Waals surface area contributed by atoms with Crippen LogP contribution in [0, 0.1) is 13.8 Å². The summed E-state index contributed by atoms with van der Waals surface area (Å²) < 4.78 is 0. The molecule has 0 fully saturated rings. The number of hydrogen-bond acceptors (Lipinski definition) is 3. The Morgan fingerprint density at radius 3 is 2.10 bits per heavy atom. The molecule has 0 aliphatic carbocycles. The normalized spacial score (nSPS) is 10.5. The van der Waals surface area contributed by atoms with Crippen LogP contribution < -0.4 is 16.2 Å². The van der Waals surface area contributed by atoms with Crippen molar-refractivity contribution in [2.24, 2.45) is 0 Å². The van der Waals surface area contributed by atoms with Gasteiger partial charge in [-0.1, -0.05) is 34.7 Å². The Bertz CT molecular complexity index is 599. The third-order valence-electron chi connectivity index (χ3n) is 3.12. The summed E-state index contributed by atoms with van der Waals surface area (Å²) in [6.07, 6.45) is 0. The van der Waals surface area contributed by atoms with Gasteiger partial charge in [-0.15, -0.1) is 0 Å². The molecule has 4 radical (unpaired) electrons. The Balaban J connectivity index is 2.26. The van der Waals surface area contributed by atoms with E-state index in [1.807, 2.05) is 19.9 Å². The topological polar surface area (TPSA) is 52.5 Å². The molecule has 2 aromatic rings. The summed E-state index contributed by atoms with van der Waals surface area (Å²) in [4.78, 5) is 0. The van der Waals surface area contributed by atoms with Gasteiger partial charge in [-0.25, -0.2) is 0 Å². The molecule has 2 aromatic carbocycles. The van der Waals surface area contributed by atoms with Crippen molar-refractivity contribution in [3.8, 4) is 11.5 Å². The molecule has 0 saturated heterocycles. The highest BCUT2D eigenvalue weighted by Crippen LogP contribution is 2.24. The van der Waals surface area contributed by atoms with Gasteiger partial charge >= 0.3 is 0 Å². The Kier molecular flexibility index (Phi) is 3.98. The highest BCUT2D eigenvalue weighted by Gasteiger charge is 2.08. The van der Waals surface area contributed by atoms with E-state index in [2.05, 4.69) is 5.32 Å². The number of phenols is 2. The molecule has 0 atom stereocenters. The summed E-state index contributed by atoms with van der Waals surface area (Å²) >= 11 is 0. The zero-order valence-electron chi connectivity index (χ0n) is 11.6. The van der Waals surface area contributed by atoms with E-state index in [0.717, 1.165) is 11.1 Å². The summed E-state index contributed by atoms with van der Waals surface area (Å²) in [7, 11) is 11.4. The van der Waals surface area contributed by atoms with Crippen molar-refractivity contribution >= 4 is 32.3 Å². The molecule has 0 aromatic heterocycles. The first-order valence-corrected chi connectivity index (χ1v) is 6.29. The van der Waals surface area contributed by atoms with Crippen LogP contribution in [-0.2, 0) is 6.54 Å². The zero-order chi connectivity index (χ0) is 14.9. The molecule has 0 unspecified atom stereocenters. The molecular formula is C15H15B2NO2. The van der Waals surface area contributed by atoms with Crippen LogP contribution in [0.2, 0.25) is 0 Å². The molecule has 5 heteroatoms. The van der Waals surface area contributed by atoms with Crippen molar-refractivity contribution < 1.29 is 10.2 Å².